The standard InChI is InChI=1S/C17H11Cl2NO6/c1-7-4-13(22)26-14-8(7)2-3-12-10(14)5-9(17(24)25-12)11(21)6-20-16(23)15(18)19/h2-5,15H,6H2,1H3,(H,20,23). The summed E-state index contributed by atoms with van der Waals surface area (Å²) in [6.45, 7) is 1.25. The van der Waals surface area contributed by atoms with Gasteiger partial charge in [-0.2, -0.15) is 0 Å². The molecule has 0 aliphatic carbocycles. The van der Waals surface area contributed by atoms with Gasteiger partial charge in [-0.15, -0.1) is 0 Å². The van der Waals surface area contributed by atoms with Crippen LogP contribution in [0.2, 0.25) is 0 Å². The smallest absolute Gasteiger partial charge is 0.347 e. The van der Waals surface area contributed by atoms with Crippen molar-refractivity contribution in [3.05, 3.63) is 56.2 Å². The van der Waals surface area contributed by atoms with E-state index in [9.17, 15) is 19.2 Å². The lowest BCUT2D eigenvalue weighted by atomic mass is 10.1. The van der Waals surface area contributed by atoms with Crippen molar-refractivity contribution < 1.29 is 18.4 Å². The van der Waals surface area contributed by atoms with Gasteiger partial charge in [-0.05, 0) is 30.7 Å². The average Bonchev–Trinajstić information content (AvgIpc) is 2.58. The van der Waals surface area contributed by atoms with Gasteiger partial charge in [0.1, 0.15) is 16.7 Å². The lowest BCUT2D eigenvalue weighted by molar-refractivity contribution is -0.119. The summed E-state index contributed by atoms with van der Waals surface area (Å²) in [6.07, 6.45) is 0. The molecule has 0 aliphatic rings. The van der Waals surface area contributed by atoms with E-state index in [1.807, 2.05) is 0 Å². The zero-order valence-electron chi connectivity index (χ0n) is 13.3. The molecular formula is C17H11Cl2NO6. The Morgan fingerprint density at radius 2 is 1.85 bits per heavy atom. The van der Waals surface area contributed by atoms with Gasteiger partial charge in [0.2, 0.25) is 0 Å². The Balaban J connectivity index is 2.12. The van der Waals surface area contributed by atoms with E-state index >= 15 is 0 Å². The van der Waals surface area contributed by atoms with Crippen molar-refractivity contribution in [2.24, 2.45) is 0 Å². The molecule has 0 saturated heterocycles. The number of alkyl halides is 2. The van der Waals surface area contributed by atoms with Crippen molar-refractivity contribution in [3.8, 4) is 0 Å². The second-order valence-electron chi connectivity index (χ2n) is 5.49. The Bertz CT molecular complexity index is 1160. The van der Waals surface area contributed by atoms with Crippen molar-refractivity contribution in [1.82, 2.24) is 5.32 Å². The highest BCUT2D eigenvalue weighted by molar-refractivity contribution is 6.53. The van der Waals surface area contributed by atoms with Crippen LogP contribution in [-0.2, 0) is 4.79 Å². The molecule has 3 rings (SSSR count). The maximum atomic E-state index is 12.3. The number of rotatable bonds is 4. The SMILES string of the molecule is Cc1cc(=O)oc2c1ccc1oc(=O)c(C(=O)CNC(=O)C(Cl)Cl)cc12. The first-order chi connectivity index (χ1) is 12.3. The van der Waals surface area contributed by atoms with E-state index in [-0.39, 0.29) is 16.7 Å². The number of hydrogen-bond donors (Lipinski definition) is 1. The van der Waals surface area contributed by atoms with E-state index in [0.29, 0.717) is 16.3 Å². The molecule has 1 aromatic carbocycles. The van der Waals surface area contributed by atoms with Crippen molar-refractivity contribution in [1.29, 1.82) is 0 Å². The van der Waals surface area contributed by atoms with E-state index in [2.05, 4.69) is 5.32 Å². The molecule has 2 heterocycles. The first-order valence-electron chi connectivity index (χ1n) is 7.38. The fourth-order valence-electron chi connectivity index (χ4n) is 2.50. The van der Waals surface area contributed by atoms with Crippen LogP contribution in [0.15, 0.2) is 42.7 Å². The molecule has 0 radical (unpaired) electrons. The predicted molar refractivity (Wildman–Crippen MR) is 96.1 cm³/mol. The maximum Gasteiger partial charge on any atom is 0.347 e. The number of Topliss-reactive ketones (excluding diaryl/α,β-unsaturated/α-hetero) is 1. The Kier molecular flexibility index (Phi) is 4.84. The minimum absolute atomic E-state index is 0.165. The molecular weight excluding hydrogens is 385 g/mol. The second kappa shape index (κ2) is 6.93. The van der Waals surface area contributed by atoms with Gasteiger partial charge in [0.25, 0.3) is 5.91 Å². The topological polar surface area (TPSA) is 107 Å². The number of nitrogens with one attached hydrogen (secondary N) is 1. The van der Waals surface area contributed by atoms with Crippen molar-refractivity contribution in [3.63, 3.8) is 0 Å². The summed E-state index contributed by atoms with van der Waals surface area (Å²) in [6, 6.07) is 5.82. The fourth-order valence-corrected chi connectivity index (χ4v) is 2.66. The molecule has 0 unspecified atom stereocenters. The van der Waals surface area contributed by atoms with Gasteiger partial charge in [0, 0.05) is 11.5 Å². The van der Waals surface area contributed by atoms with Gasteiger partial charge in [-0.3, -0.25) is 9.59 Å². The quantitative estimate of drug-likeness (QED) is 0.314. The largest absolute Gasteiger partial charge is 0.422 e. The highest BCUT2D eigenvalue weighted by Crippen LogP contribution is 2.26. The molecule has 0 aliphatic heterocycles. The maximum absolute atomic E-state index is 12.3. The molecule has 134 valence electrons. The Hall–Kier alpha value is -2.64. The van der Waals surface area contributed by atoms with Gasteiger partial charge in [0.05, 0.1) is 11.9 Å². The number of benzene rings is 1. The van der Waals surface area contributed by atoms with Crippen LogP contribution in [0.5, 0.6) is 0 Å². The first kappa shape index (κ1) is 18.2. The number of hydrogen-bond acceptors (Lipinski definition) is 6. The molecule has 2 aromatic heterocycles. The molecule has 0 bridgehead atoms. The van der Waals surface area contributed by atoms with Crippen molar-refractivity contribution in [2.45, 2.75) is 11.8 Å². The third-order valence-electron chi connectivity index (χ3n) is 3.75. The third kappa shape index (κ3) is 3.36. The Labute approximate surface area is 155 Å². The van der Waals surface area contributed by atoms with Crippen molar-refractivity contribution in [2.75, 3.05) is 6.54 Å². The normalized spacial score (nSPS) is 11.2. The van der Waals surface area contributed by atoms with E-state index in [1.165, 1.54) is 12.1 Å². The van der Waals surface area contributed by atoms with E-state index in [0.717, 1.165) is 0 Å². The number of carbonyl (C=O) groups is 2. The molecule has 0 spiro atoms. The zero-order valence-corrected chi connectivity index (χ0v) is 14.8. The van der Waals surface area contributed by atoms with Crippen molar-refractivity contribution >= 4 is 56.8 Å². The molecule has 0 saturated carbocycles. The number of aryl methyl sites for hydroxylation is 1. The monoisotopic (exact) mass is 395 g/mol. The third-order valence-corrected chi connectivity index (χ3v) is 4.15. The van der Waals surface area contributed by atoms with E-state index in [4.69, 9.17) is 32.0 Å². The summed E-state index contributed by atoms with van der Waals surface area (Å²) < 4.78 is 10.4. The van der Waals surface area contributed by atoms with Gasteiger partial charge in [-0.25, -0.2) is 9.59 Å². The van der Waals surface area contributed by atoms with Crippen LogP contribution in [-0.4, -0.2) is 23.1 Å². The van der Waals surface area contributed by atoms with Gasteiger partial charge < -0.3 is 14.2 Å². The molecule has 26 heavy (non-hydrogen) atoms. The minimum Gasteiger partial charge on any atom is -0.422 e. The molecule has 1 N–H and O–H groups in total. The summed E-state index contributed by atoms with van der Waals surface area (Å²) in [5.74, 6) is -1.46. The number of halogens is 2. The summed E-state index contributed by atoms with van der Waals surface area (Å²) in [5, 5.41) is 3.14. The predicted octanol–water partition coefficient (Wildman–Crippen LogP) is 2.31. The lowest BCUT2D eigenvalue weighted by Gasteiger charge is -2.07. The number of carbonyl (C=O) groups excluding carboxylic acids is 2. The first-order valence-corrected chi connectivity index (χ1v) is 8.25. The Morgan fingerprint density at radius 3 is 2.54 bits per heavy atom. The average molecular weight is 396 g/mol. The zero-order chi connectivity index (χ0) is 19.0. The molecule has 7 nitrogen and oxygen atoms in total. The van der Waals surface area contributed by atoms with Crippen LogP contribution in [0, 0.1) is 6.92 Å². The van der Waals surface area contributed by atoms with E-state index in [1.54, 1.807) is 19.1 Å². The highest BCUT2D eigenvalue weighted by atomic mass is 35.5. The van der Waals surface area contributed by atoms with Crippen LogP contribution in [0.3, 0.4) is 0 Å². The summed E-state index contributed by atoms with van der Waals surface area (Å²) >= 11 is 10.8. The van der Waals surface area contributed by atoms with Gasteiger partial charge in [0.15, 0.2) is 10.6 Å². The molecule has 0 atom stereocenters. The molecule has 3 aromatic rings. The van der Waals surface area contributed by atoms with Crippen LogP contribution in [0.25, 0.3) is 21.9 Å². The number of amides is 1. The summed E-state index contributed by atoms with van der Waals surface area (Å²) in [4.78, 5) is 46.0. The van der Waals surface area contributed by atoms with Crippen LogP contribution >= 0.6 is 23.2 Å². The van der Waals surface area contributed by atoms with Crippen LogP contribution in [0.1, 0.15) is 15.9 Å². The Morgan fingerprint density at radius 1 is 1.12 bits per heavy atom. The molecule has 1 amide bonds. The van der Waals surface area contributed by atoms with Crippen LogP contribution in [0.4, 0.5) is 0 Å². The van der Waals surface area contributed by atoms with E-state index < -0.39 is 34.3 Å². The van der Waals surface area contributed by atoms with Crippen LogP contribution < -0.4 is 16.6 Å². The lowest BCUT2D eigenvalue weighted by Crippen LogP contribution is -2.34. The molecule has 0 fully saturated rings. The molecule has 9 heteroatoms. The summed E-state index contributed by atoms with van der Waals surface area (Å²) in [7, 11) is 0. The van der Waals surface area contributed by atoms with Gasteiger partial charge in [-0.1, -0.05) is 23.2 Å². The highest BCUT2D eigenvalue weighted by Gasteiger charge is 2.18. The minimum atomic E-state index is -1.34. The van der Waals surface area contributed by atoms with Gasteiger partial charge >= 0.3 is 11.3 Å². The number of ketones is 1. The second-order valence-corrected chi connectivity index (χ2v) is 6.59. The summed E-state index contributed by atoms with van der Waals surface area (Å²) in [5.41, 5.74) is -0.687. The fraction of sp³-hybridized carbons (Fsp3) is 0.176. The number of fused-ring (bicyclic) bond motifs is 3.